The maximum absolute atomic E-state index is 14.9. The summed E-state index contributed by atoms with van der Waals surface area (Å²) < 4.78 is 47.0. The second-order valence-corrected chi connectivity index (χ2v) is 9.91. The van der Waals surface area contributed by atoms with Gasteiger partial charge >= 0.3 is 5.92 Å². The predicted molar refractivity (Wildman–Crippen MR) is 149 cm³/mol. The Labute approximate surface area is 231 Å². The van der Waals surface area contributed by atoms with Gasteiger partial charge in [0.2, 0.25) is 0 Å². The average molecular weight is 554 g/mol. The molecule has 212 valence electrons. The monoisotopic (exact) mass is 553 g/mol. The van der Waals surface area contributed by atoms with Gasteiger partial charge in [0.25, 0.3) is 0 Å². The summed E-state index contributed by atoms with van der Waals surface area (Å²) in [5, 5.41) is 14.0. The van der Waals surface area contributed by atoms with Crippen molar-refractivity contribution in [3.05, 3.63) is 71.8 Å². The van der Waals surface area contributed by atoms with Crippen molar-refractivity contribution < 1.29 is 28.1 Å². The minimum absolute atomic E-state index is 0.155. The standard InChI is InChI=1S/C29H33F2N5O4/c1-17(19-11-20(13-21(32)12-19)29(30,31)28(3,4)37)34-27-23-14-26(25(38-5)15-24(23)35-18(2)36-27)40-10-9-39-22-7-6-8-33-16-22/h6-8,11-17,37H,9-10,32H2,1-5H3,(H,34,35,36)/t17-/m1/s1. The molecule has 1 atom stereocenters. The number of hydrogen-bond donors (Lipinski definition) is 3. The second kappa shape index (κ2) is 11.5. The highest BCUT2D eigenvalue weighted by Gasteiger charge is 2.47. The number of aromatic nitrogens is 3. The molecule has 0 aliphatic rings. The van der Waals surface area contributed by atoms with E-state index in [0.717, 1.165) is 13.8 Å². The highest BCUT2D eigenvalue weighted by Crippen LogP contribution is 2.41. The lowest BCUT2D eigenvalue weighted by molar-refractivity contribution is -0.168. The van der Waals surface area contributed by atoms with Crippen molar-refractivity contribution in [3.8, 4) is 17.2 Å². The zero-order valence-corrected chi connectivity index (χ0v) is 23.0. The van der Waals surface area contributed by atoms with Crippen LogP contribution in [0, 0.1) is 6.92 Å². The van der Waals surface area contributed by atoms with Crippen LogP contribution in [0.1, 0.15) is 43.8 Å². The number of hydrogen-bond acceptors (Lipinski definition) is 9. The van der Waals surface area contributed by atoms with E-state index in [1.165, 1.54) is 19.2 Å². The smallest absolute Gasteiger partial charge is 0.300 e. The number of nitrogens with zero attached hydrogens (tertiary/aromatic N) is 3. The van der Waals surface area contributed by atoms with Crippen molar-refractivity contribution in [2.24, 2.45) is 0 Å². The molecule has 2 aromatic carbocycles. The Kier molecular flexibility index (Phi) is 8.24. The third-order valence-electron chi connectivity index (χ3n) is 6.30. The van der Waals surface area contributed by atoms with Crippen LogP contribution in [0.4, 0.5) is 20.3 Å². The van der Waals surface area contributed by atoms with Gasteiger partial charge in [-0.15, -0.1) is 0 Å². The number of fused-ring (bicyclic) bond motifs is 1. The molecular weight excluding hydrogens is 520 g/mol. The first-order valence-corrected chi connectivity index (χ1v) is 12.7. The Morgan fingerprint density at radius 1 is 1.05 bits per heavy atom. The summed E-state index contributed by atoms with van der Waals surface area (Å²) in [5.74, 6) is -0.953. The summed E-state index contributed by atoms with van der Waals surface area (Å²) >= 11 is 0. The van der Waals surface area contributed by atoms with E-state index in [2.05, 4.69) is 20.3 Å². The minimum Gasteiger partial charge on any atom is -0.493 e. The van der Waals surface area contributed by atoms with Crippen molar-refractivity contribution in [2.45, 2.75) is 45.3 Å². The van der Waals surface area contributed by atoms with E-state index in [9.17, 15) is 13.9 Å². The number of rotatable bonds is 11. The largest absolute Gasteiger partial charge is 0.493 e. The third kappa shape index (κ3) is 6.31. The molecule has 0 aliphatic carbocycles. The van der Waals surface area contributed by atoms with Crippen LogP contribution in [0.15, 0.2) is 54.9 Å². The fraction of sp³-hybridized carbons (Fsp3) is 0.345. The molecule has 9 nitrogen and oxygen atoms in total. The molecule has 0 fully saturated rings. The van der Waals surface area contributed by atoms with Crippen molar-refractivity contribution in [1.82, 2.24) is 15.0 Å². The van der Waals surface area contributed by atoms with Crippen LogP contribution in [-0.4, -0.2) is 46.0 Å². The quantitative estimate of drug-likeness (QED) is 0.165. The summed E-state index contributed by atoms with van der Waals surface area (Å²) in [7, 11) is 1.54. The van der Waals surface area contributed by atoms with Crippen molar-refractivity contribution in [2.75, 3.05) is 31.4 Å². The number of benzene rings is 2. The number of methoxy groups -OCH3 is 1. The number of pyridine rings is 1. The third-order valence-corrected chi connectivity index (χ3v) is 6.30. The normalized spacial score (nSPS) is 12.7. The summed E-state index contributed by atoms with van der Waals surface area (Å²) in [5.41, 5.74) is 4.60. The lowest BCUT2D eigenvalue weighted by Gasteiger charge is -2.30. The molecule has 4 N–H and O–H groups in total. The molecule has 0 bridgehead atoms. The van der Waals surface area contributed by atoms with Crippen LogP contribution in [-0.2, 0) is 5.92 Å². The molecule has 4 aromatic rings. The average Bonchev–Trinajstić information content (AvgIpc) is 2.90. The number of anilines is 2. The summed E-state index contributed by atoms with van der Waals surface area (Å²) in [6.45, 7) is 6.21. The number of aryl methyl sites for hydroxylation is 1. The molecule has 0 spiro atoms. The molecule has 4 rings (SSSR count). The van der Waals surface area contributed by atoms with E-state index in [1.807, 2.05) is 0 Å². The van der Waals surface area contributed by atoms with Gasteiger partial charge in [-0.05, 0) is 69.7 Å². The van der Waals surface area contributed by atoms with E-state index in [-0.39, 0.29) is 24.5 Å². The van der Waals surface area contributed by atoms with Gasteiger partial charge in [0.15, 0.2) is 11.5 Å². The summed E-state index contributed by atoms with van der Waals surface area (Å²) in [4.78, 5) is 13.1. The number of nitrogens with one attached hydrogen (secondary N) is 1. The zero-order valence-electron chi connectivity index (χ0n) is 23.0. The van der Waals surface area contributed by atoms with Gasteiger partial charge in [0.1, 0.15) is 36.2 Å². The Morgan fingerprint density at radius 3 is 2.48 bits per heavy atom. The van der Waals surface area contributed by atoms with E-state index in [4.69, 9.17) is 19.9 Å². The molecule has 40 heavy (non-hydrogen) atoms. The Morgan fingerprint density at radius 2 is 1.80 bits per heavy atom. The molecule has 0 amide bonds. The van der Waals surface area contributed by atoms with Gasteiger partial charge in [-0.2, -0.15) is 8.78 Å². The lowest BCUT2D eigenvalue weighted by Crippen LogP contribution is -2.40. The molecule has 2 heterocycles. The summed E-state index contributed by atoms with van der Waals surface area (Å²) in [6, 6.07) is 10.7. The van der Waals surface area contributed by atoms with E-state index >= 15 is 0 Å². The minimum atomic E-state index is -3.52. The lowest BCUT2D eigenvalue weighted by atomic mass is 9.91. The van der Waals surface area contributed by atoms with Crippen LogP contribution in [0.25, 0.3) is 10.9 Å². The summed E-state index contributed by atoms with van der Waals surface area (Å²) in [6.07, 6.45) is 3.28. The Balaban J connectivity index is 1.61. The van der Waals surface area contributed by atoms with Gasteiger partial charge in [-0.25, -0.2) is 9.97 Å². The number of ether oxygens (including phenoxy) is 3. The molecule has 0 unspecified atom stereocenters. The number of aliphatic hydroxyl groups is 1. The van der Waals surface area contributed by atoms with Crippen molar-refractivity contribution in [1.29, 1.82) is 0 Å². The first-order chi connectivity index (χ1) is 18.9. The first-order valence-electron chi connectivity index (χ1n) is 12.7. The SMILES string of the molecule is COc1cc2nc(C)nc(N[C@H](C)c3cc(N)cc(C(F)(F)C(C)(C)O)c3)c2cc1OCCOc1cccnc1. The number of nitrogen functional groups attached to an aromatic ring is 1. The first kappa shape index (κ1) is 28.8. The molecule has 0 saturated carbocycles. The van der Waals surface area contributed by atoms with E-state index in [1.54, 1.807) is 56.6 Å². The van der Waals surface area contributed by atoms with Crippen molar-refractivity contribution in [3.63, 3.8) is 0 Å². The molecular formula is C29H33F2N5O4. The van der Waals surface area contributed by atoms with Crippen LogP contribution >= 0.6 is 0 Å². The highest BCUT2D eigenvalue weighted by atomic mass is 19.3. The molecule has 0 radical (unpaired) electrons. The van der Waals surface area contributed by atoms with Gasteiger partial charge in [0.05, 0.1) is 24.9 Å². The maximum atomic E-state index is 14.9. The van der Waals surface area contributed by atoms with Crippen LogP contribution in [0.5, 0.6) is 17.2 Å². The molecule has 0 saturated heterocycles. The topological polar surface area (TPSA) is 125 Å². The molecule has 2 aromatic heterocycles. The van der Waals surface area contributed by atoms with Crippen molar-refractivity contribution >= 4 is 22.4 Å². The van der Waals surface area contributed by atoms with Gasteiger partial charge < -0.3 is 30.4 Å². The van der Waals surface area contributed by atoms with E-state index in [0.29, 0.717) is 45.4 Å². The fourth-order valence-electron chi connectivity index (χ4n) is 4.13. The highest BCUT2D eigenvalue weighted by molar-refractivity contribution is 5.92. The molecule has 0 aliphatic heterocycles. The zero-order chi connectivity index (χ0) is 29.1. The number of alkyl halides is 2. The number of nitrogens with two attached hydrogens (primary N) is 1. The predicted octanol–water partition coefficient (Wildman–Crippen LogP) is 5.42. The van der Waals surface area contributed by atoms with Crippen LogP contribution < -0.4 is 25.3 Å². The van der Waals surface area contributed by atoms with Gasteiger partial charge in [-0.1, -0.05) is 0 Å². The maximum Gasteiger partial charge on any atom is 0.300 e. The Hall–Kier alpha value is -4.25. The fourth-order valence-corrected chi connectivity index (χ4v) is 4.13. The second-order valence-electron chi connectivity index (χ2n) is 9.91. The number of halogens is 2. The van der Waals surface area contributed by atoms with Gasteiger partial charge in [0, 0.05) is 28.9 Å². The molecule has 11 heteroatoms. The van der Waals surface area contributed by atoms with Gasteiger partial charge in [-0.3, -0.25) is 4.98 Å². The Bertz CT molecular complexity index is 1480. The van der Waals surface area contributed by atoms with Crippen LogP contribution in [0.3, 0.4) is 0 Å². The van der Waals surface area contributed by atoms with Crippen LogP contribution in [0.2, 0.25) is 0 Å². The van der Waals surface area contributed by atoms with E-state index < -0.39 is 17.6 Å².